The average Bonchev–Trinajstić information content (AvgIpc) is 2.72. The number of nitrogens with one attached hydrogen (secondary N) is 1. The molecule has 0 aliphatic carbocycles. The Kier molecular flexibility index (Phi) is 7.48. The van der Waals surface area contributed by atoms with Gasteiger partial charge in [0.15, 0.2) is 0 Å². The Hall–Kier alpha value is -3.67. The number of aromatic nitrogens is 1. The molecule has 3 N–H and O–H groups in total. The first kappa shape index (κ1) is 21.6. The van der Waals surface area contributed by atoms with Crippen LogP contribution in [0.25, 0.3) is 10.8 Å². The molecule has 0 saturated heterocycles. The van der Waals surface area contributed by atoms with Crippen LogP contribution in [0, 0.1) is 0 Å². The highest BCUT2D eigenvalue weighted by Crippen LogP contribution is 2.18. The number of ether oxygens (including phenoxy) is 1. The number of amidine groups is 1. The van der Waals surface area contributed by atoms with Crippen LogP contribution in [0.2, 0.25) is 0 Å². The van der Waals surface area contributed by atoms with E-state index in [-0.39, 0.29) is 18.0 Å². The molecule has 0 spiro atoms. The predicted molar refractivity (Wildman–Crippen MR) is 118 cm³/mol. The number of hydrogen-bond acceptors (Lipinski definition) is 4. The molecular weight excluding hydrogens is 364 g/mol. The molecule has 0 atom stereocenters. The fourth-order valence-electron chi connectivity index (χ4n) is 2.56. The van der Waals surface area contributed by atoms with E-state index in [2.05, 4.69) is 28.5 Å². The third kappa shape index (κ3) is 5.65. The molecule has 2 aromatic rings. The van der Waals surface area contributed by atoms with Crippen molar-refractivity contribution < 1.29 is 9.53 Å². The minimum absolute atomic E-state index is 0.00481. The van der Waals surface area contributed by atoms with E-state index in [1.807, 2.05) is 51.1 Å². The Balaban J connectivity index is 2.12. The van der Waals surface area contributed by atoms with Gasteiger partial charge in [-0.25, -0.2) is 4.99 Å². The Morgan fingerprint density at radius 2 is 2.00 bits per heavy atom. The van der Waals surface area contributed by atoms with Crippen molar-refractivity contribution in [2.75, 3.05) is 0 Å². The lowest BCUT2D eigenvalue weighted by Gasteiger charge is -2.11. The van der Waals surface area contributed by atoms with Gasteiger partial charge in [-0.3, -0.25) is 9.78 Å². The number of carbonyl (C=O) groups excluding carboxylic acids is 1. The van der Waals surface area contributed by atoms with Gasteiger partial charge in [-0.15, -0.1) is 0 Å². The molecule has 0 unspecified atom stereocenters. The van der Waals surface area contributed by atoms with E-state index < -0.39 is 5.91 Å². The Morgan fingerprint density at radius 1 is 1.28 bits per heavy atom. The van der Waals surface area contributed by atoms with E-state index in [0.717, 1.165) is 22.0 Å². The zero-order valence-corrected chi connectivity index (χ0v) is 17.0. The zero-order valence-electron chi connectivity index (χ0n) is 17.0. The van der Waals surface area contributed by atoms with Crippen molar-refractivity contribution in [2.24, 2.45) is 10.7 Å². The third-order valence-electron chi connectivity index (χ3n) is 4.07. The largest absolute Gasteiger partial charge is 0.464 e. The van der Waals surface area contributed by atoms with E-state index >= 15 is 0 Å². The molecule has 2 rings (SSSR count). The number of amides is 1. The highest BCUT2D eigenvalue weighted by molar-refractivity contribution is 6.19. The highest BCUT2D eigenvalue weighted by Gasteiger charge is 2.14. The summed E-state index contributed by atoms with van der Waals surface area (Å²) < 4.78 is 5.37. The van der Waals surface area contributed by atoms with Crippen LogP contribution in [-0.4, -0.2) is 16.7 Å². The fraction of sp³-hybridized carbons (Fsp3) is 0.174. The number of hydrogen-bond donors (Lipinski definition) is 2. The van der Waals surface area contributed by atoms with Crippen LogP contribution in [0.1, 0.15) is 26.5 Å². The number of aliphatic imine (C=N–C) groups is 1. The van der Waals surface area contributed by atoms with Crippen LogP contribution >= 0.6 is 0 Å². The lowest BCUT2D eigenvalue weighted by Crippen LogP contribution is -2.31. The molecule has 29 heavy (non-hydrogen) atoms. The minimum atomic E-state index is -0.422. The van der Waals surface area contributed by atoms with Crippen LogP contribution in [-0.2, 0) is 16.1 Å². The summed E-state index contributed by atoms with van der Waals surface area (Å²) in [5.74, 6) is -0.0944. The standard InChI is InChI=1S/C23H26N4O2/c1-6-13-29-17(5)21(15(2)3)27-22(24)16(4)23(28)26-14-20-19-10-8-7-9-18(19)11-12-25-20/h6-13H,4-5,14H2,1-3H3,(H2,24,27)(H,26,28)/b13-6-. The second-order valence-electron chi connectivity index (χ2n) is 6.50. The number of pyridine rings is 1. The molecule has 6 nitrogen and oxygen atoms in total. The molecule has 0 aliphatic heterocycles. The summed E-state index contributed by atoms with van der Waals surface area (Å²) in [4.78, 5) is 21.2. The molecule has 1 aromatic carbocycles. The second kappa shape index (κ2) is 10.0. The minimum Gasteiger partial charge on any atom is -0.464 e. The second-order valence-corrected chi connectivity index (χ2v) is 6.50. The third-order valence-corrected chi connectivity index (χ3v) is 4.07. The molecule has 0 aliphatic rings. The summed E-state index contributed by atoms with van der Waals surface area (Å²) in [6.07, 6.45) is 4.94. The van der Waals surface area contributed by atoms with Crippen molar-refractivity contribution in [3.63, 3.8) is 0 Å². The van der Waals surface area contributed by atoms with E-state index in [1.165, 1.54) is 6.26 Å². The van der Waals surface area contributed by atoms with Gasteiger partial charge in [0.2, 0.25) is 0 Å². The van der Waals surface area contributed by atoms with Crippen molar-refractivity contribution in [1.29, 1.82) is 0 Å². The first-order valence-electron chi connectivity index (χ1n) is 9.14. The van der Waals surface area contributed by atoms with Gasteiger partial charge in [-0.1, -0.05) is 43.5 Å². The van der Waals surface area contributed by atoms with Crippen LogP contribution in [0.5, 0.6) is 0 Å². The quantitative estimate of drug-likeness (QED) is 0.233. The van der Waals surface area contributed by atoms with Crippen LogP contribution < -0.4 is 11.1 Å². The molecule has 150 valence electrons. The Bertz CT molecular complexity index is 1020. The smallest absolute Gasteiger partial charge is 0.254 e. The molecule has 0 fully saturated rings. The van der Waals surface area contributed by atoms with Gasteiger partial charge in [-0.05, 0) is 37.8 Å². The van der Waals surface area contributed by atoms with Gasteiger partial charge >= 0.3 is 0 Å². The molecule has 0 saturated carbocycles. The summed E-state index contributed by atoms with van der Waals surface area (Å²) in [7, 11) is 0. The fourth-order valence-corrected chi connectivity index (χ4v) is 2.56. The summed E-state index contributed by atoms with van der Waals surface area (Å²) in [6.45, 7) is 13.4. The summed E-state index contributed by atoms with van der Waals surface area (Å²) >= 11 is 0. The average molecular weight is 390 g/mol. The zero-order chi connectivity index (χ0) is 21.4. The molecular formula is C23H26N4O2. The van der Waals surface area contributed by atoms with Crippen LogP contribution in [0.15, 0.2) is 89.6 Å². The van der Waals surface area contributed by atoms with Crippen LogP contribution in [0.4, 0.5) is 0 Å². The number of benzene rings is 1. The number of nitrogens with zero attached hydrogens (tertiary/aromatic N) is 2. The van der Waals surface area contributed by atoms with Crippen LogP contribution in [0.3, 0.4) is 0 Å². The van der Waals surface area contributed by atoms with Gasteiger partial charge < -0.3 is 15.8 Å². The molecule has 1 heterocycles. The Labute approximate surface area is 171 Å². The maximum Gasteiger partial charge on any atom is 0.254 e. The van der Waals surface area contributed by atoms with Crippen molar-refractivity contribution >= 4 is 22.5 Å². The van der Waals surface area contributed by atoms with E-state index in [4.69, 9.17) is 10.5 Å². The van der Waals surface area contributed by atoms with Gasteiger partial charge in [0.1, 0.15) is 17.3 Å². The van der Waals surface area contributed by atoms with Crippen molar-refractivity contribution in [2.45, 2.75) is 27.3 Å². The first-order chi connectivity index (χ1) is 13.8. The van der Waals surface area contributed by atoms with Gasteiger partial charge in [0.25, 0.3) is 5.91 Å². The summed E-state index contributed by atoms with van der Waals surface area (Å²) in [6, 6.07) is 9.77. The first-order valence-corrected chi connectivity index (χ1v) is 9.14. The van der Waals surface area contributed by atoms with Gasteiger partial charge in [0, 0.05) is 11.6 Å². The highest BCUT2D eigenvalue weighted by atomic mass is 16.5. The lowest BCUT2D eigenvalue weighted by atomic mass is 10.1. The SMILES string of the molecule is C=C(O/C=C\C)C(N=C(N)C(=C)C(=O)NCc1nccc2ccccc12)=C(C)C. The molecule has 1 aromatic heterocycles. The van der Waals surface area contributed by atoms with Crippen molar-refractivity contribution in [3.05, 3.63) is 90.3 Å². The van der Waals surface area contributed by atoms with E-state index in [9.17, 15) is 4.79 Å². The van der Waals surface area contributed by atoms with E-state index in [1.54, 1.807) is 12.3 Å². The normalized spacial score (nSPS) is 11.3. The lowest BCUT2D eigenvalue weighted by molar-refractivity contribution is -0.117. The van der Waals surface area contributed by atoms with Gasteiger partial charge in [0.05, 0.1) is 24.1 Å². The van der Waals surface area contributed by atoms with E-state index in [0.29, 0.717) is 11.5 Å². The Morgan fingerprint density at radius 3 is 2.69 bits per heavy atom. The predicted octanol–water partition coefficient (Wildman–Crippen LogP) is 4.12. The number of fused-ring (bicyclic) bond motifs is 1. The number of nitrogens with two attached hydrogens (primary N) is 1. The van der Waals surface area contributed by atoms with Crippen molar-refractivity contribution in [1.82, 2.24) is 10.3 Å². The molecule has 0 bridgehead atoms. The van der Waals surface area contributed by atoms with Crippen molar-refractivity contribution in [3.8, 4) is 0 Å². The maximum absolute atomic E-state index is 12.5. The molecule has 6 heteroatoms. The summed E-state index contributed by atoms with van der Waals surface area (Å²) in [5, 5.41) is 4.83. The number of allylic oxidation sites excluding steroid dienone is 2. The topological polar surface area (TPSA) is 89.6 Å². The molecule has 1 amide bonds. The summed E-state index contributed by atoms with van der Waals surface area (Å²) in [5.41, 5.74) is 8.13. The monoisotopic (exact) mass is 390 g/mol. The number of carbonyl (C=O) groups is 1. The van der Waals surface area contributed by atoms with Gasteiger partial charge in [-0.2, -0.15) is 0 Å². The number of rotatable bonds is 8. The molecule has 0 radical (unpaired) electrons. The maximum atomic E-state index is 12.5.